The van der Waals surface area contributed by atoms with Crippen molar-refractivity contribution in [3.63, 3.8) is 0 Å². The zero-order valence-corrected chi connectivity index (χ0v) is 13.3. The third kappa shape index (κ3) is 3.84. The zero-order valence-electron chi connectivity index (χ0n) is 12.5. The van der Waals surface area contributed by atoms with Crippen molar-refractivity contribution in [3.05, 3.63) is 70.0 Å². The molecule has 21 heavy (non-hydrogen) atoms. The number of aryl methyl sites for hydroxylation is 1. The van der Waals surface area contributed by atoms with Gasteiger partial charge >= 0.3 is 0 Å². The second-order valence-electron chi connectivity index (χ2n) is 5.07. The van der Waals surface area contributed by atoms with Crippen molar-refractivity contribution in [1.82, 2.24) is 5.32 Å². The minimum absolute atomic E-state index is 0.0700. The Labute approximate surface area is 131 Å². The zero-order chi connectivity index (χ0) is 15.2. The van der Waals surface area contributed by atoms with Gasteiger partial charge in [0.15, 0.2) is 0 Å². The number of halogens is 2. The number of nitrogens with one attached hydrogen (secondary N) is 1. The highest BCUT2D eigenvalue weighted by molar-refractivity contribution is 6.31. The van der Waals surface area contributed by atoms with Crippen LogP contribution in [0.5, 0.6) is 0 Å². The van der Waals surface area contributed by atoms with E-state index in [0.717, 1.165) is 13.0 Å². The molecule has 0 fully saturated rings. The van der Waals surface area contributed by atoms with Crippen molar-refractivity contribution in [3.8, 4) is 0 Å². The molecule has 0 saturated heterocycles. The molecule has 1 atom stereocenters. The molecular formula is C18H21ClFN. The van der Waals surface area contributed by atoms with Crippen LogP contribution < -0.4 is 5.32 Å². The van der Waals surface area contributed by atoms with Crippen LogP contribution in [-0.2, 0) is 12.8 Å². The van der Waals surface area contributed by atoms with E-state index < -0.39 is 0 Å². The maximum absolute atomic E-state index is 14.0. The summed E-state index contributed by atoms with van der Waals surface area (Å²) >= 11 is 6.17. The molecule has 0 radical (unpaired) electrons. The molecule has 2 aromatic carbocycles. The molecule has 112 valence electrons. The average molecular weight is 306 g/mol. The summed E-state index contributed by atoms with van der Waals surface area (Å²) in [7, 11) is 0. The smallest absolute Gasteiger partial charge is 0.127 e. The molecular weight excluding hydrogens is 285 g/mol. The van der Waals surface area contributed by atoms with E-state index in [-0.39, 0.29) is 11.9 Å². The van der Waals surface area contributed by atoms with Crippen LogP contribution >= 0.6 is 11.6 Å². The summed E-state index contributed by atoms with van der Waals surface area (Å²) in [6, 6.07) is 13.2. The Balaban J connectivity index is 2.35. The summed E-state index contributed by atoms with van der Waals surface area (Å²) in [6.45, 7) is 5.03. The second kappa shape index (κ2) is 7.58. The van der Waals surface area contributed by atoms with E-state index in [2.05, 4.69) is 31.3 Å². The van der Waals surface area contributed by atoms with Crippen molar-refractivity contribution in [1.29, 1.82) is 0 Å². The normalized spacial score (nSPS) is 12.4. The van der Waals surface area contributed by atoms with Gasteiger partial charge in [-0.2, -0.15) is 0 Å². The van der Waals surface area contributed by atoms with Crippen LogP contribution in [0.1, 0.15) is 36.6 Å². The molecule has 1 nitrogen and oxygen atoms in total. The van der Waals surface area contributed by atoms with Crippen LogP contribution in [0.25, 0.3) is 0 Å². The van der Waals surface area contributed by atoms with Gasteiger partial charge in [-0.15, -0.1) is 0 Å². The molecule has 1 unspecified atom stereocenters. The van der Waals surface area contributed by atoms with E-state index in [1.54, 1.807) is 12.1 Å². The minimum Gasteiger partial charge on any atom is -0.310 e. The molecule has 0 bridgehead atoms. The second-order valence-corrected chi connectivity index (χ2v) is 5.47. The molecule has 0 aliphatic heterocycles. The van der Waals surface area contributed by atoms with Crippen LogP contribution in [0.2, 0.25) is 5.02 Å². The van der Waals surface area contributed by atoms with Crippen molar-refractivity contribution in [2.45, 2.75) is 32.7 Å². The topological polar surface area (TPSA) is 12.0 Å². The summed E-state index contributed by atoms with van der Waals surface area (Å²) < 4.78 is 14.0. The van der Waals surface area contributed by atoms with Gasteiger partial charge in [-0.3, -0.25) is 0 Å². The quantitative estimate of drug-likeness (QED) is 0.797. The molecule has 1 N–H and O–H groups in total. The van der Waals surface area contributed by atoms with Gasteiger partial charge in [0.05, 0.1) is 0 Å². The first-order valence-electron chi connectivity index (χ1n) is 7.41. The molecule has 0 amide bonds. The third-order valence-corrected chi connectivity index (χ3v) is 4.09. The lowest BCUT2D eigenvalue weighted by molar-refractivity contribution is 0.525. The monoisotopic (exact) mass is 305 g/mol. The van der Waals surface area contributed by atoms with Crippen LogP contribution in [0.15, 0.2) is 42.5 Å². The fourth-order valence-corrected chi connectivity index (χ4v) is 2.91. The van der Waals surface area contributed by atoms with E-state index in [9.17, 15) is 4.39 Å². The Kier molecular flexibility index (Phi) is 5.77. The Morgan fingerprint density at radius 1 is 1.10 bits per heavy atom. The van der Waals surface area contributed by atoms with Gasteiger partial charge < -0.3 is 5.32 Å². The lowest BCUT2D eigenvalue weighted by Crippen LogP contribution is -2.24. The SMILES string of the molecule is CCNC(Cc1c(F)cccc1Cl)c1ccccc1CC. The van der Waals surface area contributed by atoms with Crippen LogP contribution in [0, 0.1) is 5.82 Å². The molecule has 3 heteroatoms. The van der Waals surface area contributed by atoms with Crippen LogP contribution in [0.3, 0.4) is 0 Å². The Hall–Kier alpha value is -1.38. The van der Waals surface area contributed by atoms with E-state index in [4.69, 9.17) is 11.6 Å². The number of hydrogen-bond acceptors (Lipinski definition) is 1. The Morgan fingerprint density at radius 3 is 2.52 bits per heavy atom. The molecule has 0 aromatic heterocycles. The number of rotatable bonds is 6. The van der Waals surface area contributed by atoms with Gasteiger partial charge in [0.1, 0.15) is 5.82 Å². The molecule has 2 rings (SSSR count). The van der Waals surface area contributed by atoms with Gasteiger partial charge in [0, 0.05) is 16.6 Å². The molecule has 0 aliphatic carbocycles. The van der Waals surface area contributed by atoms with E-state index in [1.165, 1.54) is 17.2 Å². The summed E-state index contributed by atoms with van der Waals surface area (Å²) in [4.78, 5) is 0. The van der Waals surface area contributed by atoms with Crippen LogP contribution in [-0.4, -0.2) is 6.54 Å². The van der Waals surface area contributed by atoms with Gasteiger partial charge in [-0.05, 0) is 42.6 Å². The van der Waals surface area contributed by atoms with Crippen molar-refractivity contribution >= 4 is 11.6 Å². The fraction of sp³-hybridized carbons (Fsp3) is 0.333. The number of benzene rings is 2. The third-order valence-electron chi connectivity index (χ3n) is 3.73. The Morgan fingerprint density at radius 2 is 1.86 bits per heavy atom. The summed E-state index contributed by atoms with van der Waals surface area (Å²) in [5, 5.41) is 3.94. The highest BCUT2D eigenvalue weighted by Crippen LogP contribution is 2.27. The van der Waals surface area contributed by atoms with Gasteiger partial charge in [0.25, 0.3) is 0 Å². The van der Waals surface area contributed by atoms with E-state index in [0.29, 0.717) is 17.0 Å². The van der Waals surface area contributed by atoms with Crippen molar-refractivity contribution < 1.29 is 4.39 Å². The van der Waals surface area contributed by atoms with Gasteiger partial charge in [-0.1, -0.05) is 55.8 Å². The van der Waals surface area contributed by atoms with E-state index in [1.807, 2.05) is 12.1 Å². The molecule has 2 aromatic rings. The lowest BCUT2D eigenvalue weighted by atomic mass is 9.93. The fourth-order valence-electron chi connectivity index (χ4n) is 2.67. The lowest BCUT2D eigenvalue weighted by Gasteiger charge is -2.22. The summed E-state index contributed by atoms with van der Waals surface area (Å²) in [6.07, 6.45) is 1.51. The van der Waals surface area contributed by atoms with Gasteiger partial charge in [0.2, 0.25) is 0 Å². The first-order valence-corrected chi connectivity index (χ1v) is 7.79. The highest BCUT2D eigenvalue weighted by atomic mass is 35.5. The maximum Gasteiger partial charge on any atom is 0.127 e. The molecule has 0 aliphatic rings. The summed E-state index contributed by atoms with van der Waals surface area (Å²) in [5.41, 5.74) is 3.09. The molecule has 0 heterocycles. The predicted octanol–water partition coefficient (Wildman–Crippen LogP) is 4.93. The van der Waals surface area contributed by atoms with Gasteiger partial charge in [-0.25, -0.2) is 4.39 Å². The minimum atomic E-state index is -0.237. The standard InChI is InChI=1S/C18H21ClFN/c1-3-13-8-5-6-9-14(13)18(21-4-2)12-15-16(19)10-7-11-17(15)20/h5-11,18,21H,3-4,12H2,1-2H3. The van der Waals surface area contributed by atoms with Crippen molar-refractivity contribution in [2.75, 3.05) is 6.54 Å². The molecule has 0 spiro atoms. The average Bonchev–Trinajstić information content (AvgIpc) is 2.50. The number of likely N-dealkylation sites (N-methyl/N-ethyl adjacent to an activating group) is 1. The molecule has 0 saturated carbocycles. The maximum atomic E-state index is 14.0. The first-order chi connectivity index (χ1) is 10.2. The summed E-state index contributed by atoms with van der Waals surface area (Å²) in [5.74, 6) is -0.237. The predicted molar refractivity (Wildman–Crippen MR) is 87.4 cm³/mol. The first kappa shape index (κ1) is 16.0. The van der Waals surface area contributed by atoms with Crippen LogP contribution in [0.4, 0.5) is 4.39 Å². The van der Waals surface area contributed by atoms with Crippen molar-refractivity contribution in [2.24, 2.45) is 0 Å². The Bertz CT molecular complexity index is 577. The number of hydrogen-bond donors (Lipinski definition) is 1. The van der Waals surface area contributed by atoms with E-state index >= 15 is 0 Å². The highest BCUT2D eigenvalue weighted by Gasteiger charge is 2.17. The largest absolute Gasteiger partial charge is 0.310 e.